The molecule has 0 saturated carbocycles. The first-order valence-corrected chi connectivity index (χ1v) is 13.9. The molecule has 36 heavy (non-hydrogen) atoms. The van der Waals surface area contributed by atoms with Gasteiger partial charge in [0.2, 0.25) is 0 Å². The molecule has 0 aliphatic rings. The number of aliphatic carboxylic acids is 2. The van der Waals surface area contributed by atoms with Gasteiger partial charge in [0.05, 0.1) is 12.8 Å². The molecule has 0 amide bonds. The van der Waals surface area contributed by atoms with Gasteiger partial charge < -0.3 is 20.1 Å². The summed E-state index contributed by atoms with van der Waals surface area (Å²) in [7, 11) is 0. The third-order valence-corrected chi connectivity index (χ3v) is 6.44. The van der Waals surface area contributed by atoms with E-state index < -0.39 is 42.5 Å². The Hall–Kier alpha value is -1.96. The average Bonchev–Trinajstić information content (AvgIpc) is 2.78. The van der Waals surface area contributed by atoms with Crippen molar-refractivity contribution in [2.24, 2.45) is 5.92 Å². The van der Waals surface area contributed by atoms with E-state index in [2.05, 4.69) is 20.8 Å². The lowest BCUT2D eigenvalue weighted by atomic mass is 9.95. The molecule has 8 nitrogen and oxygen atoms in total. The fraction of sp³-hybridized carbons (Fsp3) is 0.857. The summed E-state index contributed by atoms with van der Waals surface area (Å²) in [5, 5.41) is 28.2. The Bertz CT molecular complexity index is 645. The summed E-state index contributed by atoms with van der Waals surface area (Å²) in [6, 6.07) is 0. The Kier molecular flexibility index (Phi) is 19.0. The molecule has 0 fully saturated rings. The van der Waals surface area contributed by atoms with E-state index in [-0.39, 0.29) is 12.2 Å². The molecule has 0 saturated heterocycles. The first-order chi connectivity index (χ1) is 17.0. The Balaban J connectivity index is 4.68. The van der Waals surface area contributed by atoms with Crippen LogP contribution in [0.3, 0.4) is 0 Å². The highest BCUT2D eigenvalue weighted by Crippen LogP contribution is 2.20. The van der Waals surface area contributed by atoms with Crippen LogP contribution in [0, 0.1) is 5.92 Å². The number of unbranched alkanes of at least 4 members (excludes halogenated alkanes) is 11. The number of ether oxygens (including phenoxy) is 1. The second-order valence-corrected chi connectivity index (χ2v) is 10.5. The highest BCUT2D eigenvalue weighted by atomic mass is 16.5. The van der Waals surface area contributed by atoms with Crippen LogP contribution in [0.15, 0.2) is 0 Å². The Morgan fingerprint density at radius 1 is 0.722 bits per heavy atom. The fourth-order valence-corrected chi connectivity index (χ4v) is 4.20. The fourth-order valence-electron chi connectivity index (χ4n) is 4.20. The van der Waals surface area contributed by atoms with Gasteiger partial charge in [0, 0.05) is 6.42 Å². The minimum atomic E-state index is -2.77. The molecule has 0 aliphatic carbocycles. The summed E-state index contributed by atoms with van der Waals surface area (Å²) in [6.07, 6.45) is 12.3. The van der Waals surface area contributed by atoms with Crippen LogP contribution in [0.2, 0.25) is 0 Å². The normalized spacial score (nSPS) is 13.8. The molecule has 0 rings (SSSR count). The van der Waals surface area contributed by atoms with Crippen molar-refractivity contribution < 1.29 is 39.2 Å². The number of hydrogen-bond donors (Lipinski definition) is 3. The van der Waals surface area contributed by atoms with Gasteiger partial charge in [-0.1, -0.05) is 97.8 Å². The van der Waals surface area contributed by atoms with Crippen LogP contribution in [0.1, 0.15) is 136 Å². The predicted octanol–water partition coefficient (Wildman–Crippen LogP) is 6.07. The van der Waals surface area contributed by atoms with Crippen molar-refractivity contribution >= 4 is 23.7 Å². The lowest BCUT2D eigenvalue weighted by Gasteiger charge is -2.22. The van der Waals surface area contributed by atoms with Crippen molar-refractivity contribution in [1.82, 2.24) is 0 Å². The molecule has 0 aromatic rings. The van der Waals surface area contributed by atoms with E-state index in [1.54, 1.807) is 0 Å². The summed E-state index contributed by atoms with van der Waals surface area (Å²) >= 11 is 0. The minimum absolute atomic E-state index is 0.206. The zero-order valence-electron chi connectivity index (χ0n) is 22.8. The van der Waals surface area contributed by atoms with Crippen LogP contribution in [0.5, 0.6) is 0 Å². The number of carboxylic acids is 2. The largest absolute Gasteiger partial charge is 0.481 e. The third kappa shape index (κ3) is 17.5. The van der Waals surface area contributed by atoms with E-state index in [9.17, 15) is 29.4 Å². The molecule has 2 atom stereocenters. The van der Waals surface area contributed by atoms with Gasteiger partial charge in [-0.2, -0.15) is 0 Å². The van der Waals surface area contributed by atoms with Crippen LogP contribution in [-0.2, 0) is 23.9 Å². The van der Waals surface area contributed by atoms with Crippen LogP contribution in [0.4, 0.5) is 0 Å². The summed E-state index contributed by atoms with van der Waals surface area (Å²) in [6.45, 7) is 6.59. The molecule has 2 unspecified atom stereocenters. The van der Waals surface area contributed by atoms with Crippen LogP contribution >= 0.6 is 0 Å². The van der Waals surface area contributed by atoms with Crippen molar-refractivity contribution in [3.8, 4) is 0 Å². The number of hydrogen-bond acceptors (Lipinski definition) is 6. The monoisotopic (exact) mass is 514 g/mol. The Labute approximate surface area is 217 Å². The van der Waals surface area contributed by atoms with Gasteiger partial charge >= 0.3 is 17.9 Å². The maximum Gasteiger partial charge on any atom is 0.336 e. The van der Waals surface area contributed by atoms with Gasteiger partial charge in [-0.3, -0.25) is 14.4 Å². The second kappa shape index (κ2) is 20.1. The van der Waals surface area contributed by atoms with Crippen molar-refractivity contribution in [2.75, 3.05) is 0 Å². The molecule has 0 aromatic heterocycles. The van der Waals surface area contributed by atoms with E-state index in [1.807, 2.05) is 0 Å². The molecule has 3 N–H and O–H groups in total. The molecule has 0 radical (unpaired) electrons. The van der Waals surface area contributed by atoms with E-state index in [4.69, 9.17) is 9.84 Å². The van der Waals surface area contributed by atoms with Crippen molar-refractivity contribution in [3.05, 3.63) is 0 Å². The summed E-state index contributed by atoms with van der Waals surface area (Å²) in [5.74, 6) is -3.90. The number of carboxylic acid groups (broad SMARTS) is 2. The lowest BCUT2D eigenvalue weighted by molar-refractivity contribution is -0.174. The van der Waals surface area contributed by atoms with Gasteiger partial charge in [-0.25, -0.2) is 4.79 Å². The molecule has 0 heterocycles. The topological polar surface area (TPSA) is 138 Å². The van der Waals surface area contributed by atoms with E-state index >= 15 is 0 Å². The van der Waals surface area contributed by atoms with Crippen LogP contribution in [-0.4, -0.2) is 50.7 Å². The van der Waals surface area contributed by atoms with Crippen LogP contribution in [0.25, 0.3) is 0 Å². The molecule has 0 spiro atoms. The Morgan fingerprint density at radius 2 is 1.22 bits per heavy atom. The molecule has 8 heteroatoms. The van der Waals surface area contributed by atoms with E-state index in [0.29, 0.717) is 19.3 Å². The van der Waals surface area contributed by atoms with E-state index in [1.165, 1.54) is 32.1 Å². The summed E-state index contributed by atoms with van der Waals surface area (Å²) in [5.41, 5.74) is -2.77. The number of carbonyl (C=O) groups is 4. The number of Topliss-reactive ketones (excluding diaryl/α,β-unsaturated/α-hetero) is 1. The highest BCUT2D eigenvalue weighted by Gasteiger charge is 2.42. The van der Waals surface area contributed by atoms with Gasteiger partial charge in [-0.05, 0) is 25.2 Å². The van der Waals surface area contributed by atoms with Crippen molar-refractivity contribution in [1.29, 1.82) is 0 Å². The highest BCUT2D eigenvalue weighted by molar-refractivity contribution is 5.90. The van der Waals surface area contributed by atoms with Gasteiger partial charge in [0.15, 0.2) is 17.5 Å². The molecule has 0 aromatic carbocycles. The molecular formula is C28H50O8. The summed E-state index contributed by atoms with van der Waals surface area (Å²) in [4.78, 5) is 47.4. The molecule has 0 aliphatic heterocycles. The average molecular weight is 515 g/mol. The maximum absolute atomic E-state index is 12.8. The number of esters is 1. The maximum atomic E-state index is 12.8. The number of carbonyl (C=O) groups excluding carboxylic acids is 2. The Morgan fingerprint density at radius 3 is 1.72 bits per heavy atom. The first kappa shape index (κ1) is 34.0. The first-order valence-electron chi connectivity index (χ1n) is 13.9. The smallest absolute Gasteiger partial charge is 0.336 e. The molecule has 210 valence electrons. The SMILES string of the molecule is CCCCCCCC(=O)C(CCCCCCCCCCC(C)C)OC(=O)CC(O)(CC(=O)O)C(=O)O. The van der Waals surface area contributed by atoms with Crippen molar-refractivity contribution in [2.45, 2.75) is 148 Å². The van der Waals surface area contributed by atoms with Gasteiger partial charge in [-0.15, -0.1) is 0 Å². The molecular weight excluding hydrogens is 464 g/mol. The minimum Gasteiger partial charge on any atom is -0.481 e. The predicted molar refractivity (Wildman–Crippen MR) is 139 cm³/mol. The number of ketones is 1. The van der Waals surface area contributed by atoms with Gasteiger partial charge in [0.25, 0.3) is 0 Å². The third-order valence-electron chi connectivity index (χ3n) is 6.44. The quantitative estimate of drug-likeness (QED) is 0.104. The zero-order valence-corrected chi connectivity index (χ0v) is 22.8. The number of aliphatic hydroxyl groups is 1. The van der Waals surface area contributed by atoms with Crippen LogP contribution < -0.4 is 0 Å². The lowest BCUT2D eigenvalue weighted by Crippen LogP contribution is -2.44. The molecule has 0 bridgehead atoms. The van der Waals surface area contributed by atoms with E-state index in [0.717, 1.165) is 50.9 Å². The number of rotatable bonds is 24. The van der Waals surface area contributed by atoms with Crippen molar-refractivity contribution in [3.63, 3.8) is 0 Å². The second-order valence-electron chi connectivity index (χ2n) is 10.5. The zero-order chi connectivity index (χ0) is 27.4. The standard InChI is InChI=1S/C28H50O8/c1-4-5-6-11-15-18-23(29)24(19-16-13-10-8-7-9-12-14-17-22(2)3)36-26(32)21-28(35,27(33)34)20-25(30)31/h22,24,35H,4-21H2,1-3H3,(H,30,31)(H,33,34). The summed E-state index contributed by atoms with van der Waals surface area (Å²) < 4.78 is 5.30. The van der Waals surface area contributed by atoms with Gasteiger partial charge in [0.1, 0.15) is 0 Å².